The fraction of sp³-hybridized carbons (Fsp3) is 0.611. The molecule has 0 saturated heterocycles. The molecule has 0 heterocycles. The van der Waals surface area contributed by atoms with Crippen molar-refractivity contribution < 1.29 is 9.53 Å². The monoisotopic (exact) mass is 289 g/mol. The largest absolute Gasteiger partial charge is 0.466 e. The van der Waals surface area contributed by atoms with E-state index in [1.165, 1.54) is 35.1 Å². The summed E-state index contributed by atoms with van der Waals surface area (Å²) < 4.78 is 5.11. The summed E-state index contributed by atoms with van der Waals surface area (Å²) in [6.45, 7) is 8.76. The lowest BCUT2D eigenvalue weighted by Crippen LogP contribution is -2.35. The van der Waals surface area contributed by atoms with Crippen LogP contribution in [0, 0.1) is 20.8 Å². The number of hydrogen-bond acceptors (Lipinski definition) is 3. The zero-order valence-corrected chi connectivity index (χ0v) is 13.7. The summed E-state index contributed by atoms with van der Waals surface area (Å²) in [5, 5.41) is 3.60. The van der Waals surface area contributed by atoms with E-state index in [2.05, 4.69) is 38.2 Å². The van der Waals surface area contributed by atoms with Gasteiger partial charge >= 0.3 is 5.97 Å². The molecule has 0 spiro atoms. The van der Waals surface area contributed by atoms with Crippen molar-refractivity contribution in [3.63, 3.8) is 0 Å². The van der Waals surface area contributed by atoms with Crippen molar-refractivity contribution in [3.05, 3.63) is 34.4 Å². The van der Waals surface area contributed by atoms with E-state index < -0.39 is 0 Å². The predicted octanol–water partition coefficient (Wildman–Crippen LogP) is 3.23. The highest BCUT2D eigenvalue weighted by Crippen LogP contribution is 2.23. The molecule has 1 unspecified atom stereocenters. The van der Waals surface area contributed by atoms with Gasteiger partial charge in [0.2, 0.25) is 0 Å². The maximum absolute atomic E-state index is 11.8. The van der Waals surface area contributed by atoms with Crippen LogP contribution in [0.4, 0.5) is 0 Å². The standard InChI is InChI=1S/C18H27NO2/c1-5-21-18(20)11-16(19-15-6-7-15)10-17-13(3)8-12(2)9-14(17)4/h8-9,15-16,19H,5-7,10-11H2,1-4H3. The predicted molar refractivity (Wildman–Crippen MR) is 85.6 cm³/mol. The van der Waals surface area contributed by atoms with Crippen LogP contribution in [0.25, 0.3) is 0 Å². The van der Waals surface area contributed by atoms with Gasteiger partial charge in [-0.1, -0.05) is 17.7 Å². The minimum absolute atomic E-state index is 0.0990. The molecule has 0 aromatic heterocycles. The van der Waals surface area contributed by atoms with Gasteiger partial charge in [-0.25, -0.2) is 0 Å². The quantitative estimate of drug-likeness (QED) is 0.783. The van der Waals surface area contributed by atoms with Gasteiger partial charge in [0, 0.05) is 12.1 Å². The summed E-state index contributed by atoms with van der Waals surface area (Å²) in [7, 11) is 0. The number of benzene rings is 1. The Labute approximate surface area is 128 Å². The van der Waals surface area contributed by atoms with E-state index in [9.17, 15) is 4.79 Å². The topological polar surface area (TPSA) is 38.3 Å². The van der Waals surface area contributed by atoms with Gasteiger partial charge in [-0.15, -0.1) is 0 Å². The van der Waals surface area contributed by atoms with Crippen LogP contribution in [0.2, 0.25) is 0 Å². The Morgan fingerprint density at radius 2 is 1.90 bits per heavy atom. The first-order valence-electron chi connectivity index (χ1n) is 7.98. The highest BCUT2D eigenvalue weighted by Gasteiger charge is 2.26. The Morgan fingerprint density at radius 1 is 1.29 bits per heavy atom. The van der Waals surface area contributed by atoms with Crippen molar-refractivity contribution >= 4 is 5.97 Å². The third-order valence-corrected chi connectivity index (χ3v) is 4.06. The molecule has 1 atom stereocenters. The van der Waals surface area contributed by atoms with E-state index in [0.29, 0.717) is 19.1 Å². The van der Waals surface area contributed by atoms with Crippen LogP contribution in [0.15, 0.2) is 12.1 Å². The third kappa shape index (κ3) is 4.85. The van der Waals surface area contributed by atoms with Crippen molar-refractivity contribution in [2.45, 2.75) is 65.5 Å². The molecule has 1 aromatic carbocycles. The maximum atomic E-state index is 11.8. The Morgan fingerprint density at radius 3 is 2.43 bits per heavy atom. The van der Waals surface area contributed by atoms with Crippen molar-refractivity contribution in [2.24, 2.45) is 0 Å². The summed E-state index contributed by atoms with van der Waals surface area (Å²) >= 11 is 0. The SMILES string of the molecule is CCOC(=O)CC(Cc1c(C)cc(C)cc1C)NC1CC1. The second kappa shape index (κ2) is 7.08. The van der Waals surface area contributed by atoms with Crippen LogP contribution in [0.1, 0.15) is 48.4 Å². The van der Waals surface area contributed by atoms with Crippen molar-refractivity contribution in [1.82, 2.24) is 5.32 Å². The normalized spacial score (nSPS) is 15.8. The van der Waals surface area contributed by atoms with Crippen LogP contribution in [0.5, 0.6) is 0 Å². The van der Waals surface area contributed by atoms with E-state index in [1.54, 1.807) is 0 Å². The van der Waals surface area contributed by atoms with E-state index in [0.717, 1.165) is 6.42 Å². The lowest BCUT2D eigenvalue weighted by atomic mass is 9.93. The second-order valence-electron chi connectivity index (χ2n) is 6.23. The minimum Gasteiger partial charge on any atom is -0.466 e. The average molecular weight is 289 g/mol. The van der Waals surface area contributed by atoms with E-state index in [1.807, 2.05) is 6.92 Å². The summed E-state index contributed by atoms with van der Waals surface area (Å²) in [6.07, 6.45) is 3.81. The molecule has 2 rings (SSSR count). The van der Waals surface area contributed by atoms with Gasteiger partial charge in [0.1, 0.15) is 0 Å². The summed E-state index contributed by atoms with van der Waals surface area (Å²) in [5.74, 6) is -0.0990. The fourth-order valence-corrected chi connectivity index (χ4v) is 2.97. The number of rotatable bonds is 7. The molecule has 0 amide bonds. The first kappa shape index (κ1) is 16.0. The highest BCUT2D eigenvalue weighted by molar-refractivity contribution is 5.70. The van der Waals surface area contributed by atoms with E-state index in [4.69, 9.17) is 4.74 Å². The molecule has 0 bridgehead atoms. The molecule has 1 fully saturated rings. The smallest absolute Gasteiger partial charge is 0.307 e. The molecular formula is C18H27NO2. The van der Waals surface area contributed by atoms with E-state index >= 15 is 0 Å². The zero-order chi connectivity index (χ0) is 15.4. The first-order chi connectivity index (χ1) is 9.99. The minimum atomic E-state index is -0.0990. The lowest BCUT2D eigenvalue weighted by Gasteiger charge is -2.21. The fourth-order valence-electron chi connectivity index (χ4n) is 2.97. The third-order valence-electron chi connectivity index (χ3n) is 4.06. The summed E-state index contributed by atoms with van der Waals surface area (Å²) in [4.78, 5) is 11.8. The molecule has 0 aliphatic heterocycles. The number of aryl methyl sites for hydroxylation is 3. The molecule has 1 aromatic rings. The van der Waals surface area contributed by atoms with Gasteiger partial charge < -0.3 is 10.1 Å². The molecule has 116 valence electrons. The Hall–Kier alpha value is -1.35. The number of hydrogen-bond donors (Lipinski definition) is 1. The van der Waals surface area contributed by atoms with Gasteiger partial charge in [-0.05, 0) is 63.6 Å². The molecule has 0 radical (unpaired) electrons. The molecule has 1 aliphatic rings. The van der Waals surface area contributed by atoms with Crippen molar-refractivity contribution in [2.75, 3.05) is 6.61 Å². The van der Waals surface area contributed by atoms with Gasteiger partial charge in [0.05, 0.1) is 13.0 Å². The number of carbonyl (C=O) groups is 1. The van der Waals surface area contributed by atoms with Gasteiger partial charge in [0.15, 0.2) is 0 Å². The van der Waals surface area contributed by atoms with Gasteiger partial charge in [0.25, 0.3) is 0 Å². The highest BCUT2D eigenvalue weighted by atomic mass is 16.5. The lowest BCUT2D eigenvalue weighted by molar-refractivity contribution is -0.143. The Bertz CT molecular complexity index is 483. The summed E-state index contributed by atoms with van der Waals surface area (Å²) in [5.41, 5.74) is 5.30. The van der Waals surface area contributed by atoms with Crippen LogP contribution in [-0.4, -0.2) is 24.7 Å². The number of nitrogens with one attached hydrogen (secondary N) is 1. The van der Waals surface area contributed by atoms with Crippen LogP contribution < -0.4 is 5.32 Å². The molecule has 21 heavy (non-hydrogen) atoms. The number of ether oxygens (including phenoxy) is 1. The van der Waals surface area contributed by atoms with Gasteiger partial charge in [-0.2, -0.15) is 0 Å². The number of esters is 1. The zero-order valence-electron chi connectivity index (χ0n) is 13.7. The Balaban J connectivity index is 2.08. The molecule has 3 heteroatoms. The molecule has 1 aliphatic carbocycles. The second-order valence-corrected chi connectivity index (χ2v) is 6.23. The Kier molecular flexibility index (Phi) is 5.40. The van der Waals surface area contributed by atoms with Crippen molar-refractivity contribution in [1.29, 1.82) is 0 Å². The van der Waals surface area contributed by atoms with E-state index in [-0.39, 0.29) is 12.0 Å². The molecule has 3 nitrogen and oxygen atoms in total. The average Bonchev–Trinajstić information content (AvgIpc) is 3.17. The van der Waals surface area contributed by atoms with Gasteiger partial charge in [-0.3, -0.25) is 4.79 Å². The molecular weight excluding hydrogens is 262 g/mol. The maximum Gasteiger partial charge on any atom is 0.307 e. The van der Waals surface area contributed by atoms with Crippen LogP contribution >= 0.6 is 0 Å². The first-order valence-corrected chi connectivity index (χ1v) is 7.98. The van der Waals surface area contributed by atoms with Crippen LogP contribution in [0.3, 0.4) is 0 Å². The summed E-state index contributed by atoms with van der Waals surface area (Å²) in [6, 6.07) is 5.22. The number of carbonyl (C=O) groups excluding carboxylic acids is 1. The van der Waals surface area contributed by atoms with Crippen LogP contribution in [-0.2, 0) is 16.0 Å². The molecule has 1 N–H and O–H groups in total. The van der Waals surface area contributed by atoms with Crippen molar-refractivity contribution in [3.8, 4) is 0 Å². The molecule has 1 saturated carbocycles.